The Hall–Kier alpha value is -3.29. The van der Waals surface area contributed by atoms with Crippen molar-refractivity contribution in [3.63, 3.8) is 0 Å². The predicted molar refractivity (Wildman–Crippen MR) is 108 cm³/mol. The Bertz CT molecular complexity index is 858. The van der Waals surface area contributed by atoms with Crippen LogP contribution in [0.4, 0.5) is 10.5 Å². The van der Waals surface area contributed by atoms with Gasteiger partial charge in [0.25, 0.3) is 0 Å². The molecule has 0 N–H and O–H groups in total. The molecule has 1 aromatic carbocycles. The Balaban J connectivity index is 2.50. The standard InChI is InChI=1S/C21H26N2O6/c1-21(2,3)29-20(25)23(13-14-7-9-15(26-4)10-8-14)17-11-16(19(24)28-6)22-12-18(17)27-5/h7-12H,13H2,1-6H3. The van der Waals surface area contributed by atoms with Crippen molar-refractivity contribution in [2.24, 2.45) is 0 Å². The van der Waals surface area contributed by atoms with Gasteiger partial charge < -0.3 is 18.9 Å². The third kappa shape index (κ3) is 5.84. The first kappa shape index (κ1) is 22.0. The summed E-state index contributed by atoms with van der Waals surface area (Å²) in [7, 11) is 4.30. The van der Waals surface area contributed by atoms with Crippen LogP contribution < -0.4 is 14.4 Å². The van der Waals surface area contributed by atoms with Crippen LogP contribution in [0, 0.1) is 0 Å². The molecule has 0 radical (unpaired) electrons. The number of anilines is 1. The maximum Gasteiger partial charge on any atom is 0.415 e. The fourth-order valence-corrected chi connectivity index (χ4v) is 2.50. The van der Waals surface area contributed by atoms with E-state index in [1.807, 2.05) is 12.1 Å². The van der Waals surface area contributed by atoms with Crippen molar-refractivity contribution >= 4 is 17.7 Å². The second-order valence-electron chi connectivity index (χ2n) is 7.15. The second-order valence-corrected chi connectivity index (χ2v) is 7.15. The number of ether oxygens (including phenoxy) is 4. The number of rotatable bonds is 6. The van der Waals surface area contributed by atoms with Gasteiger partial charge >= 0.3 is 12.1 Å². The van der Waals surface area contributed by atoms with E-state index in [-0.39, 0.29) is 12.2 Å². The molecule has 0 aliphatic heterocycles. The van der Waals surface area contributed by atoms with Crippen LogP contribution in [-0.4, -0.2) is 44.0 Å². The molecule has 0 unspecified atom stereocenters. The highest BCUT2D eigenvalue weighted by Gasteiger charge is 2.27. The molecule has 8 heteroatoms. The number of hydrogen-bond acceptors (Lipinski definition) is 7. The Morgan fingerprint density at radius 1 is 1.03 bits per heavy atom. The van der Waals surface area contributed by atoms with Gasteiger partial charge in [-0.3, -0.25) is 4.90 Å². The van der Waals surface area contributed by atoms with Gasteiger partial charge in [-0.2, -0.15) is 0 Å². The molecule has 1 aromatic heterocycles. The summed E-state index contributed by atoms with van der Waals surface area (Å²) in [6.45, 7) is 5.51. The van der Waals surface area contributed by atoms with Gasteiger partial charge in [-0.05, 0) is 44.5 Å². The van der Waals surface area contributed by atoms with E-state index >= 15 is 0 Å². The van der Waals surface area contributed by atoms with Gasteiger partial charge in [0.1, 0.15) is 11.4 Å². The first-order valence-electron chi connectivity index (χ1n) is 8.94. The summed E-state index contributed by atoms with van der Waals surface area (Å²) in [5.74, 6) is 0.395. The minimum Gasteiger partial charge on any atom is -0.497 e. The third-order valence-corrected chi connectivity index (χ3v) is 3.87. The molecule has 0 bridgehead atoms. The Morgan fingerprint density at radius 2 is 1.69 bits per heavy atom. The predicted octanol–water partition coefficient (Wildman–Crippen LogP) is 3.83. The van der Waals surface area contributed by atoms with Gasteiger partial charge in [-0.25, -0.2) is 14.6 Å². The van der Waals surface area contributed by atoms with Crippen molar-refractivity contribution < 1.29 is 28.5 Å². The Labute approximate surface area is 170 Å². The van der Waals surface area contributed by atoms with E-state index in [0.717, 1.165) is 5.56 Å². The maximum absolute atomic E-state index is 13.0. The smallest absolute Gasteiger partial charge is 0.415 e. The number of pyridine rings is 1. The van der Waals surface area contributed by atoms with E-state index in [0.29, 0.717) is 17.2 Å². The summed E-state index contributed by atoms with van der Waals surface area (Å²) in [5.41, 5.74) is 0.510. The van der Waals surface area contributed by atoms with Gasteiger partial charge in [-0.1, -0.05) is 12.1 Å². The largest absolute Gasteiger partial charge is 0.497 e. The maximum atomic E-state index is 13.0. The van der Waals surface area contributed by atoms with Crippen LogP contribution in [-0.2, 0) is 16.0 Å². The normalized spacial score (nSPS) is 10.8. The van der Waals surface area contributed by atoms with Crippen LogP contribution in [0.25, 0.3) is 0 Å². The lowest BCUT2D eigenvalue weighted by atomic mass is 10.1. The minimum atomic E-state index is -0.708. The fourth-order valence-electron chi connectivity index (χ4n) is 2.50. The average Bonchev–Trinajstić information content (AvgIpc) is 2.70. The number of carbonyl (C=O) groups excluding carboxylic acids is 2. The highest BCUT2D eigenvalue weighted by atomic mass is 16.6. The molecular weight excluding hydrogens is 376 g/mol. The lowest BCUT2D eigenvalue weighted by Crippen LogP contribution is -2.37. The first-order chi connectivity index (χ1) is 13.7. The van der Waals surface area contributed by atoms with E-state index in [1.54, 1.807) is 40.0 Å². The topological polar surface area (TPSA) is 87.2 Å². The number of amides is 1. The zero-order chi connectivity index (χ0) is 21.6. The van der Waals surface area contributed by atoms with Crippen molar-refractivity contribution in [2.75, 3.05) is 26.2 Å². The molecule has 1 amide bonds. The Morgan fingerprint density at radius 3 is 2.21 bits per heavy atom. The van der Waals surface area contributed by atoms with E-state index in [1.165, 1.54) is 31.4 Å². The number of methoxy groups -OCH3 is 3. The van der Waals surface area contributed by atoms with Gasteiger partial charge in [0.05, 0.1) is 39.8 Å². The lowest BCUT2D eigenvalue weighted by molar-refractivity contribution is 0.0568. The molecule has 0 fully saturated rings. The van der Waals surface area contributed by atoms with Crippen LogP contribution in [0.5, 0.6) is 11.5 Å². The lowest BCUT2D eigenvalue weighted by Gasteiger charge is -2.28. The summed E-state index contributed by atoms with van der Waals surface area (Å²) < 4.78 is 20.8. The molecule has 0 saturated carbocycles. The summed E-state index contributed by atoms with van der Waals surface area (Å²) >= 11 is 0. The van der Waals surface area contributed by atoms with Crippen LogP contribution in [0.1, 0.15) is 36.8 Å². The third-order valence-electron chi connectivity index (χ3n) is 3.87. The number of benzene rings is 1. The molecule has 2 aromatic rings. The number of carbonyl (C=O) groups is 2. The molecule has 0 aliphatic carbocycles. The highest BCUT2D eigenvalue weighted by Crippen LogP contribution is 2.31. The molecule has 0 spiro atoms. The Kier molecular flexibility index (Phi) is 7.03. The van der Waals surface area contributed by atoms with E-state index in [9.17, 15) is 9.59 Å². The minimum absolute atomic E-state index is 0.0478. The molecule has 29 heavy (non-hydrogen) atoms. The zero-order valence-corrected chi connectivity index (χ0v) is 17.5. The van der Waals surface area contributed by atoms with Gasteiger partial charge in [0, 0.05) is 0 Å². The molecule has 8 nitrogen and oxygen atoms in total. The molecule has 1 heterocycles. The fraction of sp³-hybridized carbons (Fsp3) is 0.381. The summed E-state index contributed by atoms with van der Waals surface area (Å²) in [6, 6.07) is 8.72. The number of nitrogens with zero attached hydrogens (tertiary/aromatic N) is 2. The van der Waals surface area contributed by atoms with Gasteiger partial charge in [-0.15, -0.1) is 0 Å². The summed E-state index contributed by atoms with van der Waals surface area (Å²) in [6.07, 6.45) is 0.779. The van der Waals surface area contributed by atoms with Crippen molar-refractivity contribution in [3.8, 4) is 11.5 Å². The highest BCUT2D eigenvalue weighted by molar-refractivity contribution is 5.93. The van der Waals surface area contributed by atoms with Crippen molar-refractivity contribution in [1.82, 2.24) is 4.98 Å². The van der Waals surface area contributed by atoms with E-state index < -0.39 is 17.7 Å². The summed E-state index contributed by atoms with van der Waals surface area (Å²) in [5, 5.41) is 0. The SMILES string of the molecule is COC(=O)c1cc(N(Cc2ccc(OC)cc2)C(=O)OC(C)(C)C)c(OC)cn1. The first-order valence-corrected chi connectivity index (χ1v) is 8.94. The second kappa shape index (κ2) is 9.27. The molecule has 2 rings (SSSR count). The van der Waals surface area contributed by atoms with Crippen molar-refractivity contribution in [2.45, 2.75) is 32.9 Å². The molecular formula is C21H26N2O6. The van der Waals surface area contributed by atoms with Gasteiger partial charge in [0.2, 0.25) is 0 Å². The molecule has 156 valence electrons. The number of aromatic nitrogens is 1. The monoisotopic (exact) mass is 402 g/mol. The quantitative estimate of drug-likeness (QED) is 0.679. The average molecular weight is 402 g/mol. The van der Waals surface area contributed by atoms with E-state index in [2.05, 4.69) is 4.98 Å². The molecule has 0 saturated heterocycles. The number of esters is 1. The van der Waals surface area contributed by atoms with Crippen LogP contribution in [0.15, 0.2) is 36.5 Å². The van der Waals surface area contributed by atoms with Crippen LogP contribution in [0.2, 0.25) is 0 Å². The van der Waals surface area contributed by atoms with Crippen LogP contribution >= 0.6 is 0 Å². The van der Waals surface area contributed by atoms with E-state index in [4.69, 9.17) is 18.9 Å². The van der Waals surface area contributed by atoms with Crippen LogP contribution in [0.3, 0.4) is 0 Å². The van der Waals surface area contributed by atoms with Crippen molar-refractivity contribution in [1.29, 1.82) is 0 Å². The van der Waals surface area contributed by atoms with Gasteiger partial charge in [0.15, 0.2) is 11.4 Å². The zero-order valence-electron chi connectivity index (χ0n) is 17.5. The molecule has 0 atom stereocenters. The summed E-state index contributed by atoms with van der Waals surface area (Å²) in [4.78, 5) is 30.4. The molecule has 0 aliphatic rings. The van der Waals surface area contributed by atoms with Crippen molar-refractivity contribution in [3.05, 3.63) is 47.8 Å². The number of hydrogen-bond donors (Lipinski definition) is 0.